The zero-order valence-corrected chi connectivity index (χ0v) is 13.2. The van der Waals surface area contributed by atoms with E-state index >= 15 is 0 Å². The van der Waals surface area contributed by atoms with E-state index in [9.17, 15) is 13.2 Å². The van der Waals surface area contributed by atoms with Crippen LogP contribution in [0, 0.1) is 0 Å². The Kier molecular flexibility index (Phi) is 4.32. The first-order valence-corrected chi connectivity index (χ1v) is 8.78. The van der Waals surface area contributed by atoms with Crippen molar-refractivity contribution in [2.45, 2.75) is 13.0 Å². The number of amides is 1. The van der Waals surface area contributed by atoms with Crippen molar-refractivity contribution >= 4 is 26.5 Å². The molecule has 0 spiro atoms. The topological polar surface area (TPSA) is 54.5 Å². The number of carbonyl (C=O) groups excluding carboxylic acids is 1. The third-order valence-electron chi connectivity index (χ3n) is 3.55. The van der Waals surface area contributed by atoms with E-state index in [1.165, 1.54) is 11.2 Å². The Balaban J connectivity index is 2.34. The van der Waals surface area contributed by atoms with Crippen LogP contribution in [-0.4, -0.2) is 44.3 Å². The first kappa shape index (κ1) is 15.5. The monoisotopic (exact) mass is 305 g/mol. The van der Waals surface area contributed by atoms with E-state index in [2.05, 4.69) is 0 Å². The number of sulfone groups is 1. The molecule has 4 nitrogen and oxygen atoms in total. The molecule has 0 bridgehead atoms. The molecule has 2 aromatic carbocycles. The molecule has 112 valence electrons. The minimum absolute atomic E-state index is 0.0417. The van der Waals surface area contributed by atoms with Gasteiger partial charge < -0.3 is 4.90 Å². The Morgan fingerprint density at radius 3 is 2.43 bits per heavy atom. The molecule has 0 heterocycles. The zero-order chi connectivity index (χ0) is 15.6. The van der Waals surface area contributed by atoms with Crippen molar-refractivity contribution in [1.82, 2.24) is 4.90 Å². The predicted octanol–water partition coefficient (Wildman–Crippen LogP) is 2.34. The van der Waals surface area contributed by atoms with E-state index in [1.807, 2.05) is 36.4 Å². The van der Waals surface area contributed by atoms with E-state index in [-0.39, 0.29) is 17.7 Å². The number of benzene rings is 2. The molecule has 0 aromatic heterocycles. The first-order chi connectivity index (χ1) is 9.79. The lowest BCUT2D eigenvalue weighted by atomic mass is 10.0. The second-order valence-corrected chi connectivity index (χ2v) is 7.57. The third-order valence-corrected chi connectivity index (χ3v) is 4.63. The Hall–Kier alpha value is -1.88. The second-order valence-electron chi connectivity index (χ2n) is 5.38. The van der Waals surface area contributed by atoms with Gasteiger partial charge in [0.1, 0.15) is 9.84 Å². The maximum absolute atomic E-state index is 12.6. The van der Waals surface area contributed by atoms with Gasteiger partial charge in [0.05, 0.1) is 5.75 Å². The third kappa shape index (κ3) is 3.61. The van der Waals surface area contributed by atoms with Crippen LogP contribution >= 0.6 is 0 Å². The van der Waals surface area contributed by atoms with Crippen molar-refractivity contribution in [3.63, 3.8) is 0 Å². The van der Waals surface area contributed by atoms with E-state index < -0.39 is 9.84 Å². The van der Waals surface area contributed by atoms with Crippen LogP contribution in [0.5, 0.6) is 0 Å². The Morgan fingerprint density at radius 1 is 1.14 bits per heavy atom. The van der Waals surface area contributed by atoms with Crippen molar-refractivity contribution in [2.75, 3.05) is 19.1 Å². The lowest BCUT2D eigenvalue weighted by Gasteiger charge is -2.25. The van der Waals surface area contributed by atoms with Crippen molar-refractivity contribution in [3.05, 3.63) is 48.0 Å². The number of hydrogen-bond acceptors (Lipinski definition) is 3. The van der Waals surface area contributed by atoms with Gasteiger partial charge in [-0.05, 0) is 23.8 Å². The van der Waals surface area contributed by atoms with Gasteiger partial charge in [-0.3, -0.25) is 4.79 Å². The molecule has 1 unspecified atom stereocenters. The van der Waals surface area contributed by atoms with Crippen LogP contribution < -0.4 is 0 Å². The lowest BCUT2D eigenvalue weighted by Crippen LogP contribution is -2.39. The van der Waals surface area contributed by atoms with Crippen molar-refractivity contribution in [3.8, 4) is 0 Å². The Morgan fingerprint density at radius 2 is 1.76 bits per heavy atom. The van der Waals surface area contributed by atoms with E-state index in [1.54, 1.807) is 20.0 Å². The van der Waals surface area contributed by atoms with Gasteiger partial charge in [-0.2, -0.15) is 0 Å². The van der Waals surface area contributed by atoms with Gasteiger partial charge in [0, 0.05) is 24.9 Å². The van der Waals surface area contributed by atoms with Gasteiger partial charge in [0.25, 0.3) is 5.91 Å². The maximum Gasteiger partial charge on any atom is 0.254 e. The van der Waals surface area contributed by atoms with Crippen molar-refractivity contribution in [1.29, 1.82) is 0 Å². The van der Waals surface area contributed by atoms with Gasteiger partial charge in [-0.15, -0.1) is 0 Å². The number of rotatable bonds is 4. The van der Waals surface area contributed by atoms with Gasteiger partial charge in [0.2, 0.25) is 0 Å². The standard InChI is InChI=1S/C16H19NO3S/c1-12(11-21(3,19)20)17(2)16(18)15-10-6-8-13-7-4-5-9-14(13)15/h4-10,12H,11H2,1-3H3. The number of carbonyl (C=O) groups is 1. The quantitative estimate of drug-likeness (QED) is 0.871. The largest absolute Gasteiger partial charge is 0.338 e. The van der Waals surface area contributed by atoms with Gasteiger partial charge in [0.15, 0.2) is 0 Å². The van der Waals surface area contributed by atoms with E-state index in [0.29, 0.717) is 5.56 Å². The van der Waals surface area contributed by atoms with Gasteiger partial charge in [-0.25, -0.2) is 8.42 Å². The highest BCUT2D eigenvalue weighted by Gasteiger charge is 2.22. The summed E-state index contributed by atoms with van der Waals surface area (Å²) in [6, 6.07) is 12.9. The summed E-state index contributed by atoms with van der Waals surface area (Å²) in [5.74, 6) is -0.206. The van der Waals surface area contributed by atoms with Gasteiger partial charge in [-0.1, -0.05) is 36.4 Å². The van der Waals surface area contributed by atoms with Crippen molar-refractivity contribution < 1.29 is 13.2 Å². The fraction of sp³-hybridized carbons (Fsp3) is 0.312. The molecule has 2 aromatic rings. The molecule has 0 saturated heterocycles. The smallest absolute Gasteiger partial charge is 0.254 e. The minimum Gasteiger partial charge on any atom is -0.338 e. The number of hydrogen-bond donors (Lipinski definition) is 0. The molecule has 0 aliphatic heterocycles. The second kappa shape index (κ2) is 5.85. The molecule has 0 radical (unpaired) electrons. The minimum atomic E-state index is -3.12. The van der Waals surface area contributed by atoms with E-state index in [4.69, 9.17) is 0 Å². The summed E-state index contributed by atoms with van der Waals surface area (Å²) in [5.41, 5.74) is 0.593. The summed E-state index contributed by atoms with van der Waals surface area (Å²) in [5, 5.41) is 1.87. The molecule has 5 heteroatoms. The summed E-state index contributed by atoms with van der Waals surface area (Å²) < 4.78 is 22.8. The molecule has 0 aliphatic rings. The molecule has 0 saturated carbocycles. The summed E-state index contributed by atoms with van der Waals surface area (Å²) in [7, 11) is -1.48. The van der Waals surface area contributed by atoms with Crippen LogP contribution in [0.2, 0.25) is 0 Å². The zero-order valence-electron chi connectivity index (χ0n) is 12.4. The van der Waals surface area contributed by atoms with Gasteiger partial charge >= 0.3 is 0 Å². The molecule has 1 atom stereocenters. The Bertz CT molecular complexity index is 763. The summed E-state index contributed by atoms with van der Waals surface area (Å²) >= 11 is 0. The maximum atomic E-state index is 12.6. The lowest BCUT2D eigenvalue weighted by molar-refractivity contribution is 0.0759. The fourth-order valence-corrected chi connectivity index (χ4v) is 3.45. The normalized spacial score (nSPS) is 13.1. The molecule has 2 rings (SSSR count). The first-order valence-electron chi connectivity index (χ1n) is 6.72. The highest BCUT2D eigenvalue weighted by atomic mass is 32.2. The van der Waals surface area contributed by atoms with Crippen LogP contribution in [0.25, 0.3) is 10.8 Å². The number of nitrogens with zero attached hydrogens (tertiary/aromatic N) is 1. The molecule has 0 N–H and O–H groups in total. The highest BCUT2D eigenvalue weighted by Crippen LogP contribution is 2.20. The summed E-state index contributed by atoms with van der Waals surface area (Å²) in [6.07, 6.45) is 1.18. The van der Waals surface area contributed by atoms with Crippen molar-refractivity contribution in [2.24, 2.45) is 0 Å². The Labute approximate surface area is 125 Å². The van der Waals surface area contributed by atoms with Crippen LogP contribution in [0.15, 0.2) is 42.5 Å². The molecule has 21 heavy (non-hydrogen) atoms. The molecular weight excluding hydrogens is 286 g/mol. The van der Waals surface area contributed by atoms with Crippen LogP contribution in [0.4, 0.5) is 0 Å². The molecule has 0 fully saturated rings. The number of fused-ring (bicyclic) bond motifs is 1. The van der Waals surface area contributed by atoms with Crippen LogP contribution in [-0.2, 0) is 9.84 Å². The molecular formula is C16H19NO3S. The predicted molar refractivity (Wildman–Crippen MR) is 85.2 cm³/mol. The van der Waals surface area contributed by atoms with Crippen LogP contribution in [0.3, 0.4) is 0 Å². The summed E-state index contributed by atoms with van der Waals surface area (Å²) in [6.45, 7) is 1.74. The highest BCUT2D eigenvalue weighted by molar-refractivity contribution is 7.90. The summed E-state index contributed by atoms with van der Waals surface area (Å²) in [4.78, 5) is 14.1. The average Bonchev–Trinajstić information content (AvgIpc) is 2.43. The molecule has 1 amide bonds. The van der Waals surface area contributed by atoms with E-state index in [0.717, 1.165) is 10.8 Å². The fourth-order valence-electron chi connectivity index (χ4n) is 2.35. The average molecular weight is 305 g/mol. The molecule has 0 aliphatic carbocycles. The SMILES string of the molecule is CC(CS(C)(=O)=O)N(C)C(=O)c1cccc2ccccc12. The van der Waals surface area contributed by atoms with Crippen LogP contribution in [0.1, 0.15) is 17.3 Å².